The highest BCUT2D eigenvalue weighted by Crippen LogP contribution is 2.32. The first-order valence-electron chi connectivity index (χ1n) is 9.54. The number of ether oxygens (including phenoxy) is 2. The molecule has 2 aromatic rings. The minimum absolute atomic E-state index is 0. The quantitative estimate of drug-likeness (QED) is 0.290. The highest BCUT2D eigenvalue weighted by atomic mass is 127. The number of halogens is 1. The number of hydrogen-bond acceptors (Lipinski definition) is 5. The number of methoxy groups -OCH3 is 2. The zero-order valence-electron chi connectivity index (χ0n) is 18.2. The van der Waals surface area contributed by atoms with Crippen molar-refractivity contribution in [1.82, 2.24) is 15.6 Å². The number of nitrogens with zero attached hydrogens (tertiary/aromatic N) is 2. The molecular formula is C21H33IN4O2S. The van der Waals surface area contributed by atoms with Crippen LogP contribution in [-0.2, 0) is 18.3 Å². The number of aromatic nitrogens is 1. The molecule has 0 atom stereocenters. The van der Waals surface area contributed by atoms with E-state index >= 15 is 0 Å². The molecule has 1 aromatic heterocycles. The minimum atomic E-state index is -0.109. The van der Waals surface area contributed by atoms with Crippen LogP contribution in [0.1, 0.15) is 36.2 Å². The van der Waals surface area contributed by atoms with Gasteiger partial charge in [-0.25, -0.2) is 4.98 Å². The van der Waals surface area contributed by atoms with Gasteiger partial charge in [0.05, 0.1) is 19.2 Å². The third-order valence-electron chi connectivity index (χ3n) is 4.67. The van der Waals surface area contributed by atoms with Crippen molar-refractivity contribution in [2.75, 3.05) is 34.4 Å². The van der Waals surface area contributed by atoms with Crippen molar-refractivity contribution in [3.8, 4) is 11.5 Å². The van der Waals surface area contributed by atoms with E-state index in [0.29, 0.717) is 0 Å². The Bertz CT molecular complexity index is 793. The van der Waals surface area contributed by atoms with Gasteiger partial charge < -0.3 is 20.1 Å². The molecule has 2 N–H and O–H groups in total. The van der Waals surface area contributed by atoms with Crippen LogP contribution in [0.3, 0.4) is 0 Å². The molecule has 8 heteroatoms. The van der Waals surface area contributed by atoms with Crippen LogP contribution in [0, 0.1) is 0 Å². The first-order valence-corrected chi connectivity index (χ1v) is 10.4. The highest BCUT2D eigenvalue weighted by molar-refractivity contribution is 14.0. The number of guanidine groups is 1. The highest BCUT2D eigenvalue weighted by Gasteiger charge is 2.22. The Kier molecular flexibility index (Phi) is 10.7. The van der Waals surface area contributed by atoms with E-state index in [9.17, 15) is 0 Å². The van der Waals surface area contributed by atoms with E-state index in [2.05, 4.69) is 47.4 Å². The van der Waals surface area contributed by atoms with Crippen molar-refractivity contribution >= 4 is 41.3 Å². The fourth-order valence-electron chi connectivity index (χ4n) is 2.80. The number of nitrogens with one attached hydrogen (secondary N) is 2. The summed E-state index contributed by atoms with van der Waals surface area (Å²) in [5, 5.41) is 7.96. The van der Waals surface area contributed by atoms with E-state index in [-0.39, 0.29) is 29.4 Å². The van der Waals surface area contributed by atoms with Gasteiger partial charge in [0.2, 0.25) is 0 Å². The largest absolute Gasteiger partial charge is 0.493 e. The van der Waals surface area contributed by atoms with E-state index < -0.39 is 0 Å². The summed E-state index contributed by atoms with van der Waals surface area (Å²) in [4.78, 5) is 10.1. The SMILES string of the molecule is CCc1cnc(CCNC(=NC)NCC(C)(C)c2ccc(OC)c(OC)c2)s1.I. The molecule has 0 radical (unpaired) electrons. The Hall–Kier alpha value is -1.55. The molecule has 0 spiro atoms. The van der Waals surface area contributed by atoms with E-state index in [1.54, 1.807) is 32.6 Å². The smallest absolute Gasteiger partial charge is 0.191 e. The molecule has 2 rings (SSSR count). The third kappa shape index (κ3) is 7.33. The summed E-state index contributed by atoms with van der Waals surface area (Å²) in [6, 6.07) is 6.05. The Balaban J connectivity index is 0.00000420. The second-order valence-corrected chi connectivity index (χ2v) is 8.33. The van der Waals surface area contributed by atoms with Gasteiger partial charge in [-0.1, -0.05) is 26.8 Å². The van der Waals surface area contributed by atoms with E-state index in [1.165, 1.54) is 10.4 Å². The average molecular weight is 532 g/mol. The van der Waals surface area contributed by atoms with E-state index in [4.69, 9.17) is 9.47 Å². The lowest BCUT2D eigenvalue weighted by atomic mass is 9.84. The molecule has 6 nitrogen and oxygen atoms in total. The molecule has 0 fully saturated rings. The number of hydrogen-bond donors (Lipinski definition) is 2. The number of rotatable bonds is 9. The van der Waals surface area contributed by atoms with Crippen LogP contribution in [0.2, 0.25) is 0 Å². The van der Waals surface area contributed by atoms with Gasteiger partial charge in [0.25, 0.3) is 0 Å². The van der Waals surface area contributed by atoms with Crippen molar-refractivity contribution in [3.05, 3.63) is 39.8 Å². The number of aliphatic imine (C=N–C) groups is 1. The second-order valence-electron chi connectivity index (χ2n) is 7.13. The van der Waals surface area contributed by atoms with Crippen LogP contribution < -0.4 is 20.1 Å². The molecule has 162 valence electrons. The van der Waals surface area contributed by atoms with Crippen molar-refractivity contribution in [3.63, 3.8) is 0 Å². The summed E-state index contributed by atoms with van der Waals surface area (Å²) in [6.07, 6.45) is 3.91. The summed E-state index contributed by atoms with van der Waals surface area (Å²) in [6.45, 7) is 8.07. The van der Waals surface area contributed by atoms with E-state index in [1.807, 2.05) is 18.3 Å². The average Bonchev–Trinajstić information content (AvgIpc) is 3.17. The fraction of sp³-hybridized carbons (Fsp3) is 0.524. The van der Waals surface area contributed by atoms with Crippen LogP contribution in [0.15, 0.2) is 29.4 Å². The zero-order chi connectivity index (χ0) is 20.6. The van der Waals surface area contributed by atoms with Crippen LogP contribution in [0.5, 0.6) is 11.5 Å². The predicted octanol–water partition coefficient (Wildman–Crippen LogP) is 4.03. The van der Waals surface area contributed by atoms with Crippen LogP contribution in [-0.4, -0.2) is 45.3 Å². The normalized spacial score (nSPS) is 11.6. The molecule has 0 unspecified atom stereocenters. The van der Waals surface area contributed by atoms with Crippen molar-refractivity contribution in [2.45, 2.75) is 39.0 Å². The molecule has 0 aliphatic carbocycles. The van der Waals surface area contributed by atoms with Gasteiger partial charge in [-0.05, 0) is 24.1 Å². The van der Waals surface area contributed by atoms with Crippen LogP contribution in [0.25, 0.3) is 0 Å². The first-order chi connectivity index (χ1) is 13.4. The molecule has 1 heterocycles. The Morgan fingerprint density at radius 2 is 1.90 bits per heavy atom. The van der Waals surface area contributed by atoms with Gasteiger partial charge in [0, 0.05) is 43.0 Å². The van der Waals surface area contributed by atoms with Gasteiger partial charge in [-0.2, -0.15) is 0 Å². The summed E-state index contributed by atoms with van der Waals surface area (Å²) < 4.78 is 10.8. The number of aryl methyl sites for hydroxylation is 1. The molecule has 0 bridgehead atoms. The molecule has 29 heavy (non-hydrogen) atoms. The maximum atomic E-state index is 5.44. The minimum Gasteiger partial charge on any atom is -0.493 e. The third-order valence-corrected chi connectivity index (χ3v) is 5.87. The molecule has 0 amide bonds. The van der Waals surface area contributed by atoms with Crippen LogP contribution >= 0.6 is 35.3 Å². The van der Waals surface area contributed by atoms with Gasteiger partial charge in [-0.15, -0.1) is 35.3 Å². The van der Waals surface area contributed by atoms with Gasteiger partial charge in [-0.3, -0.25) is 4.99 Å². The molecule has 0 aliphatic rings. The topological polar surface area (TPSA) is 67.8 Å². The fourth-order valence-corrected chi connectivity index (χ4v) is 3.66. The summed E-state index contributed by atoms with van der Waals surface area (Å²) in [5.41, 5.74) is 1.06. The summed E-state index contributed by atoms with van der Waals surface area (Å²) in [7, 11) is 5.09. The summed E-state index contributed by atoms with van der Waals surface area (Å²) >= 11 is 1.78. The van der Waals surface area contributed by atoms with E-state index in [0.717, 1.165) is 48.4 Å². The maximum absolute atomic E-state index is 5.44. The standard InChI is InChI=1S/C21H32N4O2S.HI/c1-7-16-13-24-19(28-16)10-11-23-20(22-4)25-14-21(2,3)15-8-9-17(26-5)18(12-15)27-6;/h8-9,12-13H,7,10-11,14H2,1-6H3,(H2,22,23,25);1H. The Morgan fingerprint density at radius 3 is 2.48 bits per heavy atom. The molecule has 0 aliphatic heterocycles. The predicted molar refractivity (Wildman–Crippen MR) is 133 cm³/mol. The van der Waals surface area contributed by atoms with Crippen molar-refractivity contribution < 1.29 is 9.47 Å². The van der Waals surface area contributed by atoms with Crippen molar-refractivity contribution in [2.24, 2.45) is 4.99 Å². The Labute approximate surface area is 195 Å². The molecular weight excluding hydrogens is 499 g/mol. The van der Waals surface area contributed by atoms with Gasteiger partial charge in [0.15, 0.2) is 17.5 Å². The molecule has 0 saturated carbocycles. The maximum Gasteiger partial charge on any atom is 0.191 e. The Morgan fingerprint density at radius 1 is 1.17 bits per heavy atom. The van der Waals surface area contributed by atoms with Gasteiger partial charge >= 0.3 is 0 Å². The van der Waals surface area contributed by atoms with Crippen molar-refractivity contribution in [1.29, 1.82) is 0 Å². The number of thiazole rings is 1. The lowest BCUT2D eigenvalue weighted by Gasteiger charge is -2.27. The lowest BCUT2D eigenvalue weighted by Crippen LogP contribution is -2.44. The molecule has 1 aromatic carbocycles. The summed E-state index contributed by atoms with van der Waals surface area (Å²) in [5.74, 6) is 2.27. The second kappa shape index (κ2) is 12.2. The molecule has 0 saturated heterocycles. The monoisotopic (exact) mass is 532 g/mol. The van der Waals surface area contributed by atoms with Crippen LogP contribution in [0.4, 0.5) is 0 Å². The van der Waals surface area contributed by atoms with Gasteiger partial charge in [0.1, 0.15) is 0 Å². The first kappa shape index (κ1) is 25.5. The number of benzene rings is 1. The lowest BCUT2D eigenvalue weighted by molar-refractivity contribution is 0.353. The zero-order valence-corrected chi connectivity index (χ0v) is 21.3.